The molecule has 7 heteroatoms. The number of hydrogen-bond acceptors (Lipinski definition) is 4. The molecule has 0 saturated heterocycles. The van der Waals surface area contributed by atoms with Crippen molar-refractivity contribution in [3.8, 4) is 0 Å². The molecular formula is C22H36N4O3. The summed E-state index contributed by atoms with van der Waals surface area (Å²) < 4.78 is 10.9. The van der Waals surface area contributed by atoms with Gasteiger partial charge in [-0.15, -0.1) is 0 Å². The van der Waals surface area contributed by atoms with Crippen molar-refractivity contribution in [2.75, 3.05) is 38.7 Å². The van der Waals surface area contributed by atoms with Crippen LogP contribution in [0.15, 0.2) is 29.3 Å². The first-order valence-corrected chi connectivity index (χ1v) is 10.5. The third-order valence-corrected chi connectivity index (χ3v) is 4.34. The fourth-order valence-electron chi connectivity index (χ4n) is 2.64. The van der Waals surface area contributed by atoms with Gasteiger partial charge < -0.3 is 20.1 Å². The third-order valence-electron chi connectivity index (χ3n) is 4.34. The van der Waals surface area contributed by atoms with E-state index in [0.29, 0.717) is 0 Å². The summed E-state index contributed by atoms with van der Waals surface area (Å²) in [4.78, 5) is 16.0. The normalized spacial score (nSPS) is 14.4. The van der Waals surface area contributed by atoms with Crippen molar-refractivity contribution in [2.24, 2.45) is 10.9 Å². The van der Waals surface area contributed by atoms with Crippen molar-refractivity contribution in [1.29, 1.82) is 0 Å². The van der Waals surface area contributed by atoms with Gasteiger partial charge in [0.25, 0.3) is 0 Å². The molecule has 1 amide bonds. The summed E-state index contributed by atoms with van der Waals surface area (Å²) in [6.07, 6.45) is 4.05. The molecule has 1 aromatic carbocycles. The molecule has 1 aliphatic carbocycles. The van der Waals surface area contributed by atoms with Crippen molar-refractivity contribution in [2.45, 2.75) is 52.1 Å². The van der Waals surface area contributed by atoms with Gasteiger partial charge in [0.05, 0.1) is 0 Å². The van der Waals surface area contributed by atoms with Crippen LogP contribution in [0.2, 0.25) is 0 Å². The molecule has 3 N–H and O–H groups in total. The lowest BCUT2D eigenvalue weighted by Crippen LogP contribution is -2.39. The van der Waals surface area contributed by atoms with Crippen molar-refractivity contribution >= 4 is 17.7 Å². The van der Waals surface area contributed by atoms with E-state index in [1.54, 1.807) is 7.05 Å². The summed E-state index contributed by atoms with van der Waals surface area (Å²) in [6, 6.07) is 7.77. The Bertz CT molecular complexity index is 649. The minimum absolute atomic E-state index is 0.445. The van der Waals surface area contributed by atoms with E-state index in [1.165, 1.54) is 18.4 Å². The summed E-state index contributed by atoms with van der Waals surface area (Å²) in [6.45, 7) is 8.85. The van der Waals surface area contributed by atoms with Crippen molar-refractivity contribution in [3.63, 3.8) is 0 Å². The monoisotopic (exact) mass is 404 g/mol. The Morgan fingerprint density at radius 2 is 1.83 bits per heavy atom. The number of anilines is 1. The molecule has 0 spiro atoms. The van der Waals surface area contributed by atoms with Crippen LogP contribution in [0.4, 0.5) is 10.5 Å². The number of nitrogens with zero attached hydrogens (tertiary/aromatic N) is 1. The Hall–Kier alpha value is -2.28. The molecular weight excluding hydrogens is 368 g/mol. The van der Waals surface area contributed by atoms with E-state index in [0.717, 1.165) is 56.7 Å². The summed E-state index contributed by atoms with van der Waals surface area (Å²) >= 11 is 0. The van der Waals surface area contributed by atoms with Crippen LogP contribution in [0.3, 0.4) is 0 Å². The van der Waals surface area contributed by atoms with Crippen LogP contribution in [-0.2, 0) is 15.9 Å². The SMILES string of the molecule is CN=C(NCCCOCC1CC1)NCCc1ccc(NC(=O)OC(C)(C)C)cc1. The number of aliphatic imine (C=N–C) groups is 1. The summed E-state index contributed by atoms with van der Waals surface area (Å²) in [7, 11) is 1.77. The molecule has 2 rings (SSSR count). The van der Waals surface area contributed by atoms with Gasteiger partial charge in [0.1, 0.15) is 5.60 Å². The van der Waals surface area contributed by atoms with E-state index in [2.05, 4.69) is 20.9 Å². The highest BCUT2D eigenvalue weighted by atomic mass is 16.6. The van der Waals surface area contributed by atoms with E-state index >= 15 is 0 Å². The zero-order valence-electron chi connectivity index (χ0n) is 18.2. The second-order valence-corrected chi connectivity index (χ2v) is 8.37. The summed E-state index contributed by atoms with van der Waals surface area (Å²) in [5, 5.41) is 9.36. The first-order chi connectivity index (χ1) is 13.9. The Balaban J connectivity index is 1.59. The van der Waals surface area contributed by atoms with Gasteiger partial charge in [-0.05, 0) is 70.1 Å². The van der Waals surface area contributed by atoms with E-state index in [4.69, 9.17) is 9.47 Å². The van der Waals surface area contributed by atoms with Gasteiger partial charge in [-0.3, -0.25) is 10.3 Å². The largest absolute Gasteiger partial charge is 0.444 e. The van der Waals surface area contributed by atoms with Crippen LogP contribution < -0.4 is 16.0 Å². The van der Waals surface area contributed by atoms with Gasteiger partial charge in [0, 0.05) is 39.0 Å². The van der Waals surface area contributed by atoms with Gasteiger partial charge in [-0.1, -0.05) is 12.1 Å². The zero-order valence-corrected chi connectivity index (χ0v) is 18.2. The highest BCUT2D eigenvalue weighted by molar-refractivity contribution is 5.84. The van der Waals surface area contributed by atoms with Crippen LogP contribution in [-0.4, -0.2) is 51.0 Å². The van der Waals surface area contributed by atoms with Crippen LogP contribution in [0.25, 0.3) is 0 Å². The molecule has 162 valence electrons. The first kappa shape index (κ1) is 23.0. The van der Waals surface area contributed by atoms with Crippen LogP contribution in [0, 0.1) is 5.92 Å². The number of carbonyl (C=O) groups is 1. The smallest absolute Gasteiger partial charge is 0.412 e. The molecule has 1 saturated carbocycles. The molecule has 0 atom stereocenters. The number of guanidine groups is 1. The number of ether oxygens (including phenoxy) is 2. The van der Waals surface area contributed by atoms with Gasteiger partial charge in [-0.2, -0.15) is 0 Å². The molecule has 0 bridgehead atoms. The van der Waals surface area contributed by atoms with Crippen LogP contribution >= 0.6 is 0 Å². The van der Waals surface area contributed by atoms with Gasteiger partial charge in [0.15, 0.2) is 5.96 Å². The quantitative estimate of drug-likeness (QED) is 0.315. The average Bonchev–Trinajstić information content (AvgIpc) is 3.47. The highest BCUT2D eigenvalue weighted by Gasteiger charge is 2.20. The molecule has 1 aromatic rings. The topological polar surface area (TPSA) is 84.0 Å². The number of amides is 1. The zero-order chi connectivity index (χ0) is 21.1. The molecule has 29 heavy (non-hydrogen) atoms. The van der Waals surface area contributed by atoms with Crippen LogP contribution in [0.5, 0.6) is 0 Å². The van der Waals surface area contributed by atoms with Crippen molar-refractivity contribution in [3.05, 3.63) is 29.8 Å². The van der Waals surface area contributed by atoms with E-state index in [1.807, 2.05) is 45.0 Å². The highest BCUT2D eigenvalue weighted by Crippen LogP contribution is 2.28. The molecule has 0 radical (unpaired) electrons. The lowest BCUT2D eigenvalue weighted by atomic mass is 10.1. The Morgan fingerprint density at radius 1 is 1.14 bits per heavy atom. The molecule has 7 nitrogen and oxygen atoms in total. The predicted octanol–water partition coefficient (Wildman–Crippen LogP) is 3.56. The van der Waals surface area contributed by atoms with Gasteiger partial charge >= 0.3 is 6.09 Å². The molecule has 1 aliphatic rings. The van der Waals surface area contributed by atoms with E-state index in [-0.39, 0.29) is 0 Å². The number of rotatable bonds is 10. The third kappa shape index (κ3) is 10.7. The number of benzene rings is 1. The Labute approximate surface area is 174 Å². The summed E-state index contributed by atoms with van der Waals surface area (Å²) in [5.41, 5.74) is 1.39. The van der Waals surface area contributed by atoms with E-state index in [9.17, 15) is 4.79 Å². The molecule has 0 aliphatic heterocycles. The Kier molecular flexibility index (Phi) is 9.25. The maximum atomic E-state index is 11.8. The van der Waals surface area contributed by atoms with Crippen LogP contribution in [0.1, 0.15) is 45.6 Å². The second-order valence-electron chi connectivity index (χ2n) is 8.37. The maximum absolute atomic E-state index is 11.8. The second kappa shape index (κ2) is 11.7. The fraction of sp³-hybridized carbons (Fsp3) is 0.636. The average molecular weight is 405 g/mol. The minimum atomic E-state index is -0.508. The van der Waals surface area contributed by atoms with Crippen molar-refractivity contribution < 1.29 is 14.3 Å². The lowest BCUT2D eigenvalue weighted by molar-refractivity contribution is 0.0636. The standard InChI is InChI=1S/C22H36N4O3/c1-22(2,3)29-21(27)26-19-10-8-17(9-11-19)12-14-25-20(23-4)24-13-5-15-28-16-18-6-7-18/h8-11,18H,5-7,12-16H2,1-4H3,(H,26,27)(H2,23,24,25). The number of nitrogens with one attached hydrogen (secondary N) is 3. The van der Waals surface area contributed by atoms with E-state index < -0.39 is 11.7 Å². The van der Waals surface area contributed by atoms with Gasteiger partial charge in [-0.25, -0.2) is 4.79 Å². The van der Waals surface area contributed by atoms with Crippen molar-refractivity contribution in [1.82, 2.24) is 10.6 Å². The molecule has 1 fully saturated rings. The first-order valence-electron chi connectivity index (χ1n) is 10.5. The Morgan fingerprint density at radius 3 is 2.45 bits per heavy atom. The molecule has 0 heterocycles. The lowest BCUT2D eigenvalue weighted by Gasteiger charge is -2.19. The number of hydrogen-bond donors (Lipinski definition) is 3. The van der Waals surface area contributed by atoms with Gasteiger partial charge in [0.2, 0.25) is 0 Å². The summed E-state index contributed by atoms with van der Waals surface area (Å²) in [5.74, 6) is 1.62. The molecule has 0 aromatic heterocycles. The minimum Gasteiger partial charge on any atom is -0.444 e. The maximum Gasteiger partial charge on any atom is 0.412 e. The fourth-order valence-corrected chi connectivity index (χ4v) is 2.64. The molecule has 0 unspecified atom stereocenters. The predicted molar refractivity (Wildman–Crippen MR) is 118 cm³/mol. The number of carbonyl (C=O) groups excluding carboxylic acids is 1.